The Hall–Kier alpha value is -1.71. The molecule has 0 atom stereocenters. The van der Waals surface area contributed by atoms with Gasteiger partial charge in [0.15, 0.2) is 0 Å². The summed E-state index contributed by atoms with van der Waals surface area (Å²) in [7, 11) is 0. The zero-order valence-electron chi connectivity index (χ0n) is 13.2. The molecule has 1 aliphatic carbocycles. The number of nitrogens with one attached hydrogen (secondary N) is 2. The molecule has 0 radical (unpaired) electrons. The zero-order chi connectivity index (χ0) is 15.1. The van der Waals surface area contributed by atoms with E-state index in [1.54, 1.807) is 0 Å². The lowest BCUT2D eigenvalue weighted by molar-refractivity contribution is 0.244. The van der Waals surface area contributed by atoms with Crippen molar-refractivity contribution < 1.29 is 4.79 Å². The predicted octanol–water partition coefficient (Wildman–Crippen LogP) is 3.99. The molecular formula is C17H27N3O. The lowest BCUT2D eigenvalue weighted by Gasteiger charge is -2.23. The molecule has 4 heteroatoms. The average Bonchev–Trinajstić information content (AvgIpc) is 2.51. The fourth-order valence-corrected chi connectivity index (χ4v) is 2.94. The summed E-state index contributed by atoms with van der Waals surface area (Å²) in [5.74, 6) is 0. The van der Waals surface area contributed by atoms with Crippen molar-refractivity contribution in [1.29, 1.82) is 0 Å². The van der Waals surface area contributed by atoms with Crippen LogP contribution in [0.5, 0.6) is 0 Å². The van der Waals surface area contributed by atoms with E-state index in [1.807, 2.05) is 12.1 Å². The first-order valence-electron chi connectivity index (χ1n) is 8.15. The number of carbonyl (C=O) groups excluding carboxylic acids is 1. The summed E-state index contributed by atoms with van der Waals surface area (Å²) in [6.45, 7) is 6.28. The number of benzene rings is 1. The maximum absolute atomic E-state index is 12.0. The minimum atomic E-state index is -0.0857. The van der Waals surface area contributed by atoms with E-state index in [0.29, 0.717) is 6.04 Å². The molecule has 1 aliphatic rings. The number of anilines is 2. The SMILES string of the molecule is CCN(CC)c1ccc(NC(=O)NC2CCCCC2)cc1. The van der Waals surface area contributed by atoms with Crippen LogP contribution in [0.4, 0.5) is 16.2 Å². The van der Waals surface area contributed by atoms with Crippen molar-refractivity contribution in [2.24, 2.45) is 0 Å². The average molecular weight is 289 g/mol. The van der Waals surface area contributed by atoms with Crippen LogP contribution in [0.3, 0.4) is 0 Å². The zero-order valence-corrected chi connectivity index (χ0v) is 13.2. The van der Waals surface area contributed by atoms with Crippen molar-refractivity contribution in [1.82, 2.24) is 5.32 Å². The second-order valence-corrected chi connectivity index (χ2v) is 5.65. The van der Waals surface area contributed by atoms with Gasteiger partial charge in [-0.3, -0.25) is 0 Å². The Kier molecular flexibility index (Phi) is 5.90. The summed E-state index contributed by atoms with van der Waals surface area (Å²) in [5, 5.41) is 5.99. The highest BCUT2D eigenvalue weighted by atomic mass is 16.2. The van der Waals surface area contributed by atoms with Gasteiger partial charge in [0.1, 0.15) is 0 Å². The Labute approximate surface area is 127 Å². The van der Waals surface area contributed by atoms with Gasteiger partial charge in [0.25, 0.3) is 0 Å². The van der Waals surface area contributed by atoms with Gasteiger partial charge < -0.3 is 15.5 Å². The third-order valence-corrected chi connectivity index (χ3v) is 4.19. The van der Waals surface area contributed by atoms with Crippen LogP contribution in [0.2, 0.25) is 0 Å². The maximum Gasteiger partial charge on any atom is 0.319 e. The molecule has 1 aromatic rings. The van der Waals surface area contributed by atoms with E-state index in [1.165, 1.54) is 24.9 Å². The standard InChI is InChI=1S/C17H27N3O/c1-3-20(4-2)16-12-10-15(11-13-16)19-17(21)18-14-8-6-5-7-9-14/h10-14H,3-9H2,1-2H3,(H2,18,19,21). The number of carbonyl (C=O) groups is 1. The van der Waals surface area contributed by atoms with Crippen molar-refractivity contribution in [3.8, 4) is 0 Å². The van der Waals surface area contributed by atoms with Gasteiger partial charge in [-0.15, -0.1) is 0 Å². The van der Waals surface area contributed by atoms with Crippen LogP contribution >= 0.6 is 0 Å². The number of amides is 2. The molecule has 2 rings (SSSR count). The molecule has 21 heavy (non-hydrogen) atoms. The van der Waals surface area contributed by atoms with E-state index >= 15 is 0 Å². The fraction of sp³-hybridized carbons (Fsp3) is 0.588. The molecule has 0 spiro atoms. The molecule has 0 heterocycles. The van der Waals surface area contributed by atoms with Gasteiger partial charge in [-0.2, -0.15) is 0 Å². The summed E-state index contributed by atoms with van der Waals surface area (Å²) in [4.78, 5) is 14.3. The Balaban J connectivity index is 1.86. The number of hydrogen-bond acceptors (Lipinski definition) is 2. The molecule has 1 fully saturated rings. The smallest absolute Gasteiger partial charge is 0.319 e. The first kappa shape index (κ1) is 15.7. The monoisotopic (exact) mass is 289 g/mol. The Morgan fingerprint density at radius 3 is 2.29 bits per heavy atom. The Bertz CT molecular complexity index is 434. The quantitative estimate of drug-likeness (QED) is 0.861. The van der Waals surface area contributed by atoms with Crippen molar-refractivity contribution >= 4 is 17.4 Å². The van der Waals surface area contributed by atoms with Crippen LogP contribution < -0.4 is 15.5 Å². The molecule has 0 aromatic heterocycles. The lowest BCUT2D eigenvalue weighted by Crippen LogP contribution is -2.39. The van der Waals surface area contributed by atoms with E-state index in [-0.39, 0.29) is 6.03 Å². The second kappa shape index (κ2) is 7.91. The molecule has 1 saturated carbocycles. The normalized spacial score (nSPS) is 15.5. The summed E-state index contributed by atoms with van der Waals surface area (Å²) < 4.78 is 0. The minimum absolute atomic E-state index is 0.0857. The van der Waals surface area contributed by atoms with Crippen LogP contribution in [0.25, 0.3) is 0 Å². The molecular weight excluding hydrogens is 262 g/mol. The number of urea groups is 1. The molecule has 1 aromatic carbocycles. The van der Waals surface area contributed by atoms with Crippen LogP contribution in [-0.2, 0) is 0 Å². The number of nitrogens with zero attached hydrogens (tertiary/aromatic N) is 1. The second-order valence-electron chi connectivity index (χ2n) is 5.65. The third kappa shape index (κ3) is 4.66. The van der Waals surface area contributed by atoms with Gasteiger partial charge in [-0.1, -0.05) is 19.3 Å². The van der Waals surface area contributed by atoms with Gasteiger partial charge >= 0.3 is 6.03 Å². The van der Waals surface area contributed by atoms with Gasteiger partial charge in [0.2, 0.25) is 0 Å². The molecule has 2 amide bonds. The predicted molar refractivity (Wildman–Crippen MR) is 89.0 cm³/mol. The lowest BCUT2D eigenvalue weighted by atomic mass is 9.96. The Morgan fingerprint density at radius 1 is 1.10 bits per heavy atom. The van der Waals surface area contributed by atoms with Gasteiger partial charge in [0, 0.05) is 30.5 Å². The van der Waals surface area contributed by atoms with Gasteiger partial charge in [-0.25, -0.2) is 4.79 Å². The fourth-order valence-electron chi connectivity index (χ4n) is 2.94. The maximum atomic E-state index is 12.0. The van der Waals surface area contributed by atoms with Gasteiger partial charge in [-0.05, 0) is 51.0 Å². The highest BCUT2D eigenvalue weighted by molar-refractivity contribution is 5.89. The first-order chi connectivity index (χ1) is 10.2. The van der Waals surface area contributed by atoms with E-state index in [9.17, 15) is 4.79 Å². The van der Waals surface area contributed by atoms with E-state index < -0.39 is 0 Å². The first-order valence-corrected chi connectivity index (χ1v) is 8.15. The van der Waals surface area contributed by atoms with Gasteiger partial charge in [0.05, 0.1) is 0 Å². The van der Waals surface area contributed by atoms with Crippen LogP contribution in [0, 0.1) is 0 Å². The number of rotatable bonds is 5. The van der Waals surface area contributed by atoms with Crippen molar-refractivity contribution in [2.75, 3.05) is 23.3 Å². The molecule has 0 saturated heterocycles. The van der Waals surface area contributed by atoms with Crippen molar-refractivity contribution in [3.05, 3.63) is 24.3 Å². The summed E-state index contributed by atoms with van der Waals surface area (Å²) in [6, 6.07) is 8.31. The van der Waals surface area contributed by atoms with Crippen LogP contribution in [0.1, 0.15) is 46.0 Å². The number of hydrogen-bond donors (Lipinski definition) is 2. The van der Waals surface area contributed by atoms with Crippen molar-refractivity contribution in [3.63, 3.8) is 0 Å². The van der Waals surface area contributed by atoms with Crippen molar-refractivity contribution in [2.45, 2.75) is 52.0 Å². The largest absolute Gasteiger partial charge is 0.372 e. The van der Waals surface area contributed by atoms with Crippen LogP contribution in [0.15, 0.2) is 24.3 Å². The topological polar surface area (TPSA) is 44.4 Å². The molecule has 0 bridgehead atoms. The van der Waals surface area contributed by atoms with E-state index in [4.69, 9.17) is 0 Å². The molecule has 0 aliphatic heterocycles. The van der Waals surface area contributed by atoms with E-state index in [2.05, 4.69) is 41.5 Å². The minimum Gasteiger partial charge on any atom is -0.372 e. The highest BCUT2D eigenvalue weighted by Gasteiger charge is 2.15. The third-order valence-electron chi connectivity index (χ3n) is 4.19. The summed E-state index contributed by atoms with van der Waals surface area (Å²) >= 11 is 0. The Morgan fingerprint density at radius 2 is 1.71 bits per heavy atom. The molecule has 116 valence electrons. The summed E-state index contributed by atoms with van der Waals surface area (Å²) in [6.07, 6.45) is 5.96. The van der Waals surface area contributed by atoms with Crippen LogP contribution in [-0.4, -0.2) is 25.2 Å². The summed E-state index contributed by atoms with van der Waals surface area (Å²) in [5.41, 5.74) is 2.04. The molecule has 4 nitrogen and oxygen atoms in total. The highest BCUT2D eigenvalue weighted by Crippen LogP contribution is 2.19. The molecule has 2 N–H and O–H groups in total. The van der Waals surface area contributed by atoms with E-state index in [0.717, 1.165) is 31.6 Å². The molecule has 0 unspecified atom stereocenters.